The molecule has 0 aromatic carbocycles. The van der Waals surface area contributed by atoms with Gasteiger partial charge in [-0.05, 0) is 43.4 Å². The van der Waals surface area contributed by atoms with E-state index in [1.165, 1.54) is 25.7 Å². The number of hydrogen-bond donors (Lipinski definition) is 4. The zero-order chi connectivity index (χ0) is 14.7. The SMILES string of the molecule is NC(=O)C[C@H](NC(=O)NCC(C1CC1)C1CC1)C(=O)O. The fourth-order valence-electron chi connectivity index (χ4n) is 2.59. The Kier molecular flexibility index (Phi) is 4.46. The van der Waals surface area contributed by atoms with Crippen molar-refractivity contribution in [2.75, 3.05) is 6.54 Å². The van der Waals surface area contributed by atoms with Crippen molar-refractivity contribution in [3.63, 3.8) is 0 Å². The molecule has 7 nitrogen and oxygen atoms in total. The third-order valence-corrected chi connectivity index (χ3v) is 3.96. The highest BCUT2D eigenvalue weighted by molar-refractivity contribution is 5.87. The summed E-state index contributed by atoms with van der Waals surface area (Å²) in [5, 5.41) is 13.9. The number of carbonyl (C=O) groups is 3. The van der Waals surface area contributed by atoms with Crippen LogP contribution in [0.3, 0.4) is 0 Å². The average Bonchev–Trinajstić information content (AvgIpc) is 3.22. The zero-order valence-corrected chi connectivity index (χ0v) is 11.3. The second-order valence-electron chi connectivity index (χ2n) is 5.75. The van der Waals surface area contributed by atoms with Crippen LogP contribution in [0, 0.1) is 17.8 Å². The molecule has 2 aliphatic carbocycles. The molecule has 1 atom stereocenters. The molecular formula is C13H21N3O4. The molecule has 0 aromatic rings. The maximum atomic E-state index is 11.7. The maximum absolute atomic E-state index is 11.7. The van der Waals surface area contributed by atoms with Gasteiger partial charge in [0.15, 0.2) is 0 Å². The molecule has 2 aliphatic rings. The molecule has 2 rings (SSSR count). The van der Waals surface area contributed by atoms with Gasteiger partial charge in [-0.3, -0.25) is 4.79 Å². The molecule has 20 heavy (non-hydrogen) atoms. The minimum absolute atomic E-state index is 0.405. The summed E-state index contributed by atoms with van der Waals surface area (Å²) in [5.41, 5.74) is 4.95. The van der Waals surface area contributed by atoms with Crippen molar-refractivity contribution in [1.82, 2.24) is 10.6 Å². The third-order valence-electron chi connectivity index (χ3n) is 3.96. The van der Waals surface area contributed by atoms with Crippen LogP contribution in [0.2, 0.25) is 0 Å². The molecule has 0 radical (unpaired) electrons. The van der Waals surface area contributed by atoms with Gasteiger partial charge < -0.3 is 21.5 Å². The lowest BCUT2D eigenvalue weighted by Crippen LogP contribution is -2.48. The Labute approximate surface area is 117 Å². The molecule has 7 heteroatoms. The molecule has 112 valence electrons. The average molecular weight is 283 g/mol. The van der Waals surface area contributed by atoms with E-state index < -0.39 is 30.4 Å². The number of carboxylic acid groups (broad SMARTS) is 1. The minimum atomic E-state index is -1.27. The quantitative estimate of drug-likeness (QED) is 0.503. The van der Waals surface area contributed by atoms with Crippen molar-refractivity contribution < 1.29 is 19.5 Å². The van der Waals surface area contributed by atoms with E-state index >= 15 is 0 Å². The molecule has 0 bridgehead atoms. The van der Waals surface area contributed by atoms with E-state index in [2.05, 4.69) is 10.6 Å². The van der Waals surface area contributed by atoms with Crippen LogP contribution in [0.1, 0.15) is 32.1 Å². The van der Waals surface area contributed by atoms with E-state index in [0.29, 0.717) is 24.3 Å². The number of aliphatic carboxylic acids is 1. The second kappa shape index (κ2) is 6.11. The topological polar surface area (TPSA) is 122 Å². The summed E-state index contributed by atoms with van der Waals surface area (Å²) < 4.78 is 0. The summed E-state index contributed by atoms with van der Waals surface area (Å²) in [6.07, 6.45) is 4.50. The number of nitrogens with one attached hydrogen (secondary N) is 2. The number of carboxylic acids is 1. The van der Waals surface area contributed by atoms with Crippen LogP contribution in [0.5, 0.6) is 0 Å². The Morgan fingerprint density at radius 3 is 2.10 bits per heavy atom. The van der Waals surface area contributed by atoms with Gasteiger partial charge in [-0.2, -0.15) is 0 Å². The molecule has 0 unspecified atom stereocenters. The minimum Gasteiger partial charge on any atom is -0.480 e. The van der Waals surface area contributed by atoms with Crippen LogP contribution in [0.25, 0.3) is 0 Å². The molecular weight excluding hydrogens is 262 g/mol. The highest BCUT2D eigenvalue weighted by Crippen LogP contribution is 2.48. The lowest BCUT2D eigenvalue weighted by molar-refractivity contribution is -0.140. The van der Waals surface area contributed by atoms with Crippen LogP contribution in [0.15, 0.2) is 0 Å². The van der Waals surface area contributed by atoms with Gasteiger partial charge in [-0.1, -0.05) is 0 Å². The fraction of sp³-hybridized carbons (Fsp3) is 0.769. The van der Waals surface area contributed by atoms with Gasteiger partial charge in [0.25, 0.3) is 0 Å². The summed E-state index contributed by atoms with van der Waals surface area (Å²) >= 11 is 0. The van der Waals surface area contributed by atoms with Crippen molar-refractivity contribution in [2.24, 2.45) is 23.5 Å². The monoisotopic (exact) mass is 283 g/mol. The van der Waals surface area contributed by atoms with Crippen LogP contribution < -0.4 is 16.4 Å². The Morgan fingerprint density at radius 1 is 1.15 bits per heavy atom. The number of nitrogens with two attached hydrogens (primary N) is 1. The Balaban J connectivity index is 1.75. The normalized spacial score (nSPS) is 19.4. The van der Waals surface area contributed by atoms with E-state index in [1.54, 1.807) is 0 Å². The molecule has 0 heterocycles. The summed E-state index contributed by atoms with van der Waals surface area (Å²) in [5.74, 6) is -0.0843. The summed E-state index contributed by atoms with van der Waals surface area (Å²) in [7, 11) is 0. The molecule has 0 aromatic heterocycles. The van der Waals surface area contributed by atoms with Crippen molar-refractivity contribution in [3.8, 4) is 0 Å². The van der Waals surface area contributed by atoms with E-state index in [4.69, 9.17) is 10.8 Å². The van der Waals surface area contributed by atoms with Crippen molar-refractivity contribution in [3.05, 3.63) is 0 Å². The molecule has 2 fully saturated rings. The molecule has 0 aliphatic heterocycles. The number of primary amides is 1. The summed E-state index contributed by atoms with van der Waals surface area (Å²) in [4.78, 5) is 33.3. The lowest BCUT2D eigenvalue weighted by atomic mass is 9.98. The molecule has 2 saturated carbocycles. The predicted molar refractivity (Wildman–Crippen MR) is 70.7 cm³/mol. The van der Waals surface area contributed by atoms with E-state index in [1.807, 2.05) is 0 Å². The van der Waals surface area contributed by atoms with Gasteiger partial charge in [0.2, 0.25) is 5.91 Å². The lowest BCUT2D eigenvalue weighted by Gasteiger charge is -2.18. The first-order chi connectivity index (χ1) is 9.47. The molecule has 5 N–H and O–H groups in total. The van der Waals surface area contributed by atoms with Gasteiger partial charge >= 0.3 is 12.0 Å². The number of urea groups is 1. The number of rotatable bonds is 8. The molecule has 3 amide bonds. The van der Waals surface area contributed by atoms with E-state index in [0.717, 1.165) is 0 Å². The number of hydrogen-bond acceptors (Lipinski definition) is 3. The fourth-order valence-corrected chi connectivity index (χ4v) is 2.59. The van der Waals surface area contributed by atoms with Crippen molar-refractivity contribution in [1.29, 1.82) is 0 Å². The Bertz CT molecular complexity index is 392. The van der Waals surface area contributed by atoms with E-state index in [-0.39, 0.29) is 0 Å². The number of amides is 3. The number of carbonyl (C=O) groups excluding carboxylic acids is 2. The van der Waals surface area contributed by atoms with Gasteiger partial charge in [-0.15, -0.1) is 0 Å². The maximum Gasteiger partial charge on any atom is 0.326 e. The highest BCUT2D eigenvalue weighted by atomic mass is 16.4. The summed E-state index contributed by atoms with van der Waals surface area (Å²) in [6.45, 7) is 0.573. The smallest absolute Gasteiger partial charge is 0.326 e. The Hall–Kier alpha value is -1.79. The molecule has 0 saturated heterocycles. The van der Waals surface area contributed by atoms with Gasteiger partial charge in [0.1, 0.15) is 6.04 Å². The van der Waals surface area contributed by atoms with Gasteiger partial charge in [0.05, 0.1) is 6.42 Å². The molecule has 0 spiro atoms. The zero-order valence-electron chi connectivity index (χ0n) is 11.3. The van der Waals surface area contributed by atoms with E-state index in [9.17, 15) is 14.4 Å². The summed E-state index contributed by atoms with van der Waals surface area (Å²) in [6, 6.07) is -1.82. The Morgan fingerprint density at radius 2 is 1.70 bits per heavy atom. The first-order valence-corrected chi connectivity index (χ1v) is 7.03. The highest BCUT2D eigenvalue weighted by Gasteiger charge is 2.41. The first-order valence-electron chi connectivity index (χ1n) is 7.03. The van der Waals surface area contributed by atoms with Gasteiger partial charge in [-0.25, -0.2) is 9.59 Å². The van der Waals surface area contributed by atoms with Crippen LogP contribution in [-0.4, -0.2) is 35.6 Å². The first kappa shape index (κ1) is 14.6. The van der Waals surface area contributed by atoms with Crippen LogP contribution in [0.4, 0.5) is 4.79 Å². The van der Waals surface area contributed by atoms with Crippen LogP contribution in [-0.2, 0) is 9.59 Å². The van der Waals surface area contributed by atoms with Crippen molar-refractivity contribution >= 4 is 17.9 Å². The van der Waals surface area contributed by atoms with Crippen molar-refractivity contribution in [2.45, 2.75) is 38.1 Å². The largest absolute Gasteiger partial charge is 0.480 e. The predicted octanol–water partition coefficient (Wildman–Crippen LogP) is 0.0504. The van der Waals surface area contributed by atoms with Crippen LogP contribution >= 0.6 is 0 Å². The van der Waals surface area contributed by atoms with Gasteiger partial charge in [0, 0.05) is 6.54 Å². The standard InChI is InChI=1S/C13H21N3O4/c14-11(17)5-10(12(18)19)16-13(20)15-6-9(7-1-2-7)8-3-4-8/h7-10H,1-6H2,(H2,14,17)(H,18,19)(H2,15,16,20)/t10-/m0/s1. The second-order valence-corrected chi connectivity index (χ2v) is 5.75. The third kappa shape index (κ3) is 4.40.